The van der Waals surface area contributed by atoms with Crippen LogP contribution in [0.3, 0.4) is 0 Å². The number of halogens is 2. The van der Waals surface area contributed by atoms with Crippen LogP contribution in [0.2, 0.25) is 0 Å². The molecule has 120 valence electrons. The van der Waals surface area contributed by atoms with Crippen molar-refractivity contribution in [2.24, 2.45) is 0 Å². The minimum atomic E-state index is 0.793. The zero-order chi connectivity index (χ0) is 16.2. The van der Waals surface area contributed by atoms with Gasteiger partial charge in [0.2, 0.25) is 0 Å². The van der Waals surface area contributed by atoms with Gasteiger partial charge in [0, 0.05) is 19.5 Å². The van der Waals surface area contributed by atoms with Crippen LogP contribution < -0.4 is 10.1 Å². The van der Waals surface area contributed by atoms with Gasteiger partial charge in [-0.3, -0.25) is 0 Å². The number of H-pyrrole nitrogens is 1. The third-order valence-electron chi connectivity index (χ3n) is 3.57. The number of nitrogens with one attached hydrogen (secondary N) is 2. The molecule has 1 aromatic heterocycles. The largest absolute Gasteiger partial charge is 0.494 e. The van der Waals surface area contributed by atoms with E-state index in [2.05, 4.69) is 59.3 Å². The topological polar surface area (TPSA) is 49.9 Å². The second-order valence-electron chi connectivity index (χ2n) is 5.22. The Labute approximate surface area is 151 Å². The summed E-state index contributed by atoms with van der Waals surface area (Å²) < 4.78 is 7.21. The summed E-state index contributed by atoms with van der Waals surface area (Å²) in [6, 6.07) is 12.2. The Kier molecular flexibility index (Phi) is 5.35. The van der Waals surface area contributed by atoms with Gasteiger partial charge in [0.25, 0.3) is 0 Å². The van der Waals surface area contributed by atoms with Crippen molar-refractivity contribution in [3.63, 3.8) is 0 Å². The van der Waals surface area contributed by atoms with Gasteiger partial charge in [0.15, 0.2) is 0 Å². The summed E-state index contributed by atoms with van der Waals surface area (Å²) in [7, 11) is 1.66. The number of hydrogen-bond donors (Lipinski definition) is 2. The van der Waals surface area contributed by atoms with Crippen LogP contribution in [0.15, 0.2) is 45.3 Å². The van der Waals surface area contributed by atoms with Crippen molar-refractivity contribution in [2.45, 2.75) is 13.0 Å². The monoisotopic (exact) mass is 437 g/mol. The van der Waals surface area contributed by atoms with Crippen LogP contribution >= 0.6 is 31.9 Å². The van der Waals surface area contributed by atoms with Gasteiger partial charge >= 0.3 is 0 Å². The van der Waals surface area contributed by atoms with Gasteiger partial charge in [-0.2, -0.15) is 0 Å². The van der Waals surface area contributed by atoms with Crippen molar-refractivity contribution in [1.29, 1.82) is 0 Å². The molecule has 2 aromatic carbocycles. The average Bonchev–Trinajstić information content (AvgIpc) is 2.94. The number of aromatic amines is 1. The summed E-state index contributed by atoms with van der Waals surface area (Å²) >= 11 is 7.05. The summed E-state index contributed by atoms with van der Waals surface area (Å²) in [5, 5.41) is 3.44. The van der Waals surface area contributed by atoms with Gasteiger partial charge in [0.05, 0.1) is 27.1 Å². The maximum atomic E-state index is 5.32. The minimum absolute atomic E-state index is 0.793. The molecule has 0 aliphatic carbocycles. The number of benzene rings is 2. The van der Waals surface area contributed by atoms with Gasteiger partial charge in [-0.1, -0.05) is 12.1 Å². The van der Waals surface area contributed by atoms with Crippen LogP contribution in [0.5, 0.6) is 5.75 Å². The summed E-state index contributed by atoms with van der Waals surface area (Å²) in [5.74, 6) is 1.83. The Balaban J connectivity index is 1.55. The standard InChI is InChI=1S/C17H17Br2N3O/c1-23-17-12(18)8-11(9-13(17)19)10-20-7-6-16-21-14-4-2-3-5-15(14)22-16/h2-5,8-9,20H,6-7,10H2,1H3,(H,21,22). The lowest BCUT2D eigenvalue weighted by Gasteiger charge is -2.10. The van der Waals surface area contributed by atoms with Gasteiger partial charge in [0.1, 0.15) is 11.6 Å². The van der Waals surface area contributed by atoms with Crippen molar-refractivity contribution < 1.29 is 4.74 Å². The van der Waals surface area contributed by atoms with Gasteiger partial charge in [-0.05, 0) is 61.7 Å². The molecule has 1 heterocycles. The van der Waals surface area contributed by atoms with Crippen LogP contribution in [0.4, 0.5) is 0 Å². The first-order valence-corrected chi connectivity index (χ1v) is 8.92. The van der Waals surface area contributed by atoms with Gasteiger partial charge < -0.3 is 15.0 Å². The molecule has 0 aliphatic heterocycles. The average molecular weight is 439 g/mol. The summed E-state index contributed by atoms with van der Waals surface area (Å²) in [4.78, 5) is 7.93. The molecule has 0 spiro atoms. The molecule has 0 radical (unpaired) electrons. The second kappa shape index (κ2) is 7.47. The van der Waals surface area contributed by atoms with E-state index in [0.29, 0.717) is 0 Å². The van der Waals surface area contributed by atoms with Gasteiger partial charge in [-0.15, -0.1) is 0 Å². The molecule has 0 amide bonds. The summed E-state index contributed by atoms with van der Waals surface area (Å²) in [6.07, 6.45) is 0.868. The molecule has 0 saturated heterocycles. The minimum Gasteiger partial charge on any atom is -0.494 e. The quantitative estimate of drug-likeness (QED) is 0.559. The predicted molar refractivity (Wildman–Crippen MR) is 99.9 cm³/mol. The number of para-hydroxylation sites is 2. The third kappa shape index (κ3) is 3.94. The normalized spacial score (nSPS) is 11.1. The number of imidazole rings is 1. The molecule has 0 atom stereocenters. The molecule has 0 bridgehead atoms. The third-order valence-corrected chi connectivity index (χ3v) is 4.75. The van der Waals surface area contributed by atoms with Crippen molar-refractivity contribution in [1.82, 2.24) is 15.3 Å². The Morgan fingerprint density at radius 2 is 1.91 bits per heavy atom. The zero-order valence-electron chi connectivity index (χ0n) is 12.7. The van der Waals surface area contributed by atoms with Crippen molar-refractivity contribution in [3.8, 4) is 5.75 Å². The Hall–Kier alpha value is -1.37. The molecular weight excluding hydrogens is 422 g/mol. The van der Waals surface area contributed by atoms with E-state index >= 15 is 0 Å². The van der Waals surface area contributed by atoms with Crippen molar-refractivity contribution in [3.05, 3.63) is 56.7 Å². The van der Waals surface area contributed by atoms with Gasteiger partial charge in [-0.25, -0.2) is 4.98 Å². The number of ether oxygens (including phenoxy) is 1. The highest BCUT2D eigenvalue weighted by atomic mass is 79.9. The molecule has 0 aliphatic rings. The lowest BCUT2D eigenvalue weighted by atomic mass is 10.2. The second-order valence-corrected chi connectivity index (χ2v) is 6.93. The maximum Gasteiger partial charge on any atom is 0.147 e. The fourth-order valence-corrected chi connectivity index (χ4v) is 4.08. The fraction of sp³-hybridized carbons (Fsp3) is 0.235. The molecular formula is C17H17Br2N3O. The van der Waals surface area contributed by atoms with Crippen LogP contribution in [0.1, 0.15) is 11.4 Å². The Morgan fingerprint density at radius 1 is 1.17 bits per heavy atom. The van der Waals surface area contributed by atoms with E-state index < -0.39 is 0 Å². The number of aromatic nitrogens is 2. The molecule has 2 N–H and O–H groups in total. The highest BCUT2D eigenvalue weighted by molar-refractivity contribution is 9.11. The van der Waals surface area contributed by atoms with E-state index in [1.807, 2.05) is 24.3 Å². The van der Waals surface area contributed by atoms with E-state index in [9.17, 15) is 0 Å². The molecule has 0 unspecified atom stereocenters. The van der Waals surface area contributed by atoms with E-state index in [0.717, 1.165) is 51.1 Å². The first-order valence-electron chi connectivity index (χ1n) is 7.33. The predicted octanol–water partition coefficient (Wildman–Crippen LogP) is 4.43. The summed E-state index contributed by atoms with van der Waals surface area (Å²) in [5.41, 5.74) is 3.30. The molecule has 3 rings (SSSR count). The fourth-order valence-electron chi connectivity index (χ4n) is 2.47. The van der Waals surface area contributed by atoms with Crippen LogP contribution in [0, 0.1) is 0 Å². The molecule has 4 nitrogen and oxygen atoms in total. The number of rotatable bonds is 6. The highest BCUT2D eigenvalue weighted by Crippen LogP contribution is 2.34. The summed E-state index contributed by atoms with van der Waals surface area (Å²) in [6.45, 7) is 1.66. The number of fused-ring (bicyclic) bond motifs is 1. The SMILES string of the molecule is COc1c(Br)cc(CNCCc2nc3ccccc3[nH]2)cc1Br. The zero-order valence-corrected chi connectivity index (χ0v) is 15.9. The molecule has 3 aromatic rings. The highest BCUT2D eigenvalue weighted by Gasteiger charge is 2.07. The smallest absolute Gasteiger partial charge is 0.147 e. The number of hydrogen-bond acceptors (Lipinski definition) is 3. The van der Waals surface area contributed by atoms with E-state index in [1.165, 1.54) is 5.56 Å². The Morgan fingerprint density at radius 3 is 2.61 bits per heavy atom. The van der Waals surface area contributed by atoms with Crippen LogP contribution in [-0.2, 0) is 13.0 Å². The molecule has 6 heteroatoms. The first kappa shape index (κ1) is 16.5. The number of methoxy groups -OCH3 is 1. The lowest BCUT2D eigenvalue weighted by Crippen LogP contribution is -2.17. The molecule has 0 fully saturated rings. The maximum absolute atomic E-state index is 5.32. The van der Waals surface area contributed by atoms with E-state index in [-0.39, 0.29) is 0 Å². The van der Waals surface area contributed by atoms with Crippen molar-refractivity contribution >= 4 is 42.9 Å². The number of nitrogens with zero attached hydrogens (tertiary/aromatic N) is 1. The Bertz CT molecular complexity index is 760. The van der Waals surface area contributed by atoms with E-state index in [1.54, 1.807) is 7.11 Å². The molecule has 0 saturated carbocycles. The first-order chi connectivity index (χ1) is 11.2. The van der Waals surface area contributed by atoms with E-state index in [4.69, 9.17) is 4.74 Å². The lowest BCUT2D eigenvalue weighted by molar-refractivity contribution is 0.409. The van der Waals surface area contributed by atoms with Crippen molar-refractivity contribution in [2.75, 3.05) is 13.7 Å². The van der Waals surface area contributed by atoms with Crippen LogP contribution in [0.25, 0.3) is 11.0 Å². The van der Waals surface area contributed by atoms with Crippen LogP contribution in [-0.4, -0.2) is 23.6 Å². The molecule has 23 heavy (non-hydrogen) atoms.